The van der Waals surface area contributed by atoms with Crippen LogP contribution in [0.5, 0.6) is 11.5 Å². The van der Waals surface area contributed by atoms with Gasteiger partial charge >= 0.3 is 0 Å². The van der Waals surface area contributed by atoms with Crippen LogP contribution in [0.25, 0.3) is 0 Å². The second-order valence-corrected chi connectivity index (χ2v) is 6.89. The van der Waals surface area contributed by atoms with Gasteiger partial charge in [0.2, 0.25) is 0 Å². The fourth-order valence-electron chi connectivity index (χ4n) is 2.50. The zero-order chi connectivity index (χ0) is 18.8. The molecule has 26 heavy (non-hydrogen) atoms. The molecule has 0 atom stereocenters. The molecule has 0 saturated carbocycles. The Labute approximate surface area is 159 Å². The third-order valence-corrected chi connectivity index (χ3v) is 5.16. The average molecular weight is 377 g/mol. The predicted octanol–water partition coefficient (Wildman–Crippen LogP) is 2.67. The number of guanidine groups is 1. The fourth-order valence-corrected chi connectivity index (χ4v) is 3.36. The highest BCUT2D eigenvalue weighted by Gasteiger charge is 2.05. The van der Waals surface area contributed by atoms with Crippen LogP contribution >= 0.6 is 11.3 Å². The summed E-state index contributed by atoms with van der Waals surface area (Å²) < 4.78 is 10.6. The molecule has 0 aliphatic carbocycles. The van der Waals surface area contributed by atoms with Crippen molar-refractivity contribution in [2.24, 2.45) is 4.99 Å². The molecule has 2 aromatic rings. The number of hydrogen-bond acceptors (Lipinski definition) is 5. The van der Waals surface area contributed by atoms with Gasteiger partial charge in [0.25, 0.3) is 0 Å². The van der Waals surface area contributed by atoms with E-state index in [1.807, 2.05) is 24.4 Å². The van der Waals surface area contributed by atoms with Gasteiger partial charge in [-0.05, 0) is 30.5 Å². The molecule has 0 radical (unpaired) electrons. The molecule has 0 unspecified atom stereocenters. The Morgan fingerprint density at radius 1 is 1.12 bits per heavy atom. The van der Waals surface area contributed by atoms with E-state index in [4.69, 9.17) is 9.47 Å². The third-order valence-electron chi connectivity index (χ3n) is 3.96. The monoisotopic (exact) mass is 376 g/mol. The standard InChI is InChI=1S/C19H28N4O2S/c1-5-15-13-23-18(26-15)9-11-22-19(20-2)21-10-8-14-6-7-16(24-3)17(12-14)25-4/h6-7,12-13H,5,8-11H2,1-4H3,(H2,20,21,22). The van der Waals surface area contributed by atoms with Crippen molar-refractivity contribution in [1.82, 2.24) is 15.6 Å². The van der Waals surface area contributed by atoms with Crippen molar-refractivity contribution in [1.29, 1.82) is 0 Å². The number of ether oxygens (including phenoxy) is 2. The van der Waals surface area contributed by atoms with E-state index < -0.39 is 0 Å². The maximum absolute atomic E-state index is 5.34. The quantitative estimate of drug-likeness (QED) is 0.520. The Kier molecular flexibility index (Phi) is 8.21. The Hall–Kier alpha value is -2.28. The van der Waals surface area contributed by atoms with Gasteiger partial charge in [-0.15, -0.1) is 11.3 Å². The number of nitrogens with one attached hydrogen (secondary N) is 2. The van der Waals surface area contributed by atoms with Gasteiger partial charge in [-0.2, -0.15) is 0 Å². The molecular weight excluding hydrogens is 348 g/mol. The number of rotatable bonds is 9. The number of benzene rings is 1. The van der Waals surface area contributed by atoms with Crippen molar-refractivity contribution in [3.8, 4) is 11.5 Å². The maximum atomic E-state index is 5.34. The summed E-state index contributed by atoms with van der Waals surface area (Å²) in [7, 11) is 5.07. The van der Waals surface area contributed by atoms with Crippen LogP contribution in [-0.4, -0.2) is 45.3 Å². The molecule has 7 heteroatoms. The molecule has 0 aliphatic rings. The molecule has 2 rings (SSSR count). The number of thiazole rings is 1. The molecule has 6 nitrogen and oxygen atoms in total. The lowest BCUT2D eigenvalue weighted by Gasteiger charge is -2.12. The lowest BCUT2D eigenvalue weighted by atomic mass is 10.1. The summed E-state index contributed by atoms with van der Waals surface area (Å²) >= 11 is 1.78. The van der Waals surface area contributed by atoms with Gasteiger partial charge in [0, 0.05) is 37.6 Å². The van der Waals surface area contributed by atoms with Gasteiger partial charge in [0.05, 0.1) is 19.2 Å². The summed E-state index contributed by atoms with van der Waals surface area (Å²) in [5, 5.41) is 7.83. The third kappa shape index (κ3) is 5.91. The molecule has 0 aliphatic heterocycles. The van der Waals surface area contributed by atoms with E-state index in [2.05, 4.69) is 27.5 Å². The van der Waals surface area contributed by atoms with Gasteiger partial charge in [-0.25, -0.2) is 4.98 Å². The molecule has 0 amide bonds. The number of aryl methyl sites for hydroxylation is 1. The molecule has 1 aromatic carbocycles. The van der Waals surface area contributed by atoms with Crippen molar-refractivity contribution in [3.05, 3.63) is 39.8 Å². The van der Waals surface area contributed by atoms with E-state index >= 15 is 0 Å². The smallest absolute Gasteiger partial charge is 0.191 e. The summed E-state index contributed by atoms with van der Waals surface area (Å²) in [6.45, 7) is 3.75. The van der Waals surface area contributed by atoms with E-state index in [-0.39, 0.29) is 0 Å². The zero-order valence-corrected chi connectivity index (χ0v) is 16.8. The van der Waals surface area contributed by atoms with Crippen LogP contribution in [0.2, 0.25) is 0 Å². The van der Waals surface area contributed by atoms with Gasteiger partial charge < -0.3 is 20.1 Å². The number of nitrogens with zero attached hydrogens (tertiary/aromatic N) is 2. The lowest BCUT2D eigenvalue weighted by molar-refractivity contribution is 0.354. The van der Waals surface area contributed by atoms with Gasteiger partial charge in [0.15, 0.2) is 17.5 Å². The second kappa shape index (κ2) is 10.7. The molecule has 0 saturated heterocycles. The summed E-state index contributed by atoms with van der Waals surface area (Å²) in [6.07, 6.45) is 4.79. The van der Waals surface area contributed by atoms with Crippen LogP contribution in [0.3, 0.4) is 0 Å². The SMILES string of the molecule is CCc1cnc(CCNC(=NC)NCCc2ccc(OC)c(OC)c2)s1. The van der Waals surface area contributed by atoms with Crippen molar-refractivity contribution in [3.63, 3.8) is 0 Å². The van der Waals surface area contributed by atoms with Crippen molar-refractivity contribution in [2.75, 3.05) is 34.4 Å². The van der Waals surface area contributed by atoms with Crippen molar-refractivity contribution < 1.29 is 9.47 Å². The summed E-state index contributed by atoms with van der Waals surface area (Å²) in [5.74, 6) is 2.30. The average Bonchev–Trinajstić information content (AvgIpc) is 3.14. The van der Waals surface area contributed by atoms with E-state index in [1.54, 1.807) is 32.6 Å². The number of methoxy groups -OCH3 is 2. The minimum Gasteiger partial charge on any atom is -0.493 e. The predicted molar refractivity (Wildman–Crippen MR) is 108 cm³/mol. The van der Waals surface area contributed by atoms with E-state index in [1.165, 1.54) is 10.4 Å². The highest BCUT2D eigenvalue weighted by atomic mass is 32.1. The largest absolute Gasteiger partial charge is 0.493 e. The molecule has 0 bridgehead atoms. The van der Waals surface area contributed by atoms with E-state index in [0.29, 0.717) is 0 Å². The number of aromatic nitrogens is 1. The number of aliphatic imine (C=N–C) groups is 1. The molecule has 0 fully saturated rings. The second-order valence-electron chi connectivity index (χ2n) is 5.69. The first-order valence-corrected chi connectivity index (χ1v) is 9.60. The van der Waals surface area contributed by atoms with Crippen LogP contribution in [0.4, 0.5) is 0 Å². The van der Waals surface area contributed by atoms with Crippen LogP contribution in [-0.2, 0) is 19.3 Å². The zero-order valence-electron chi connectivity index (χ0n) is 16.0. The summed E-state index contributed by atoms with van der Waals surface area (Å²) in [4.78, 5) is 10.0. The van der Waals surface area contributed by atoms with Gasteiger partial charge in [-0.3, -0.25) is 4.99 Å². The van der Waals surface area contributed by atoms with Crippen molar-refractivity contribution >= 4 is 17.3 Å². The van der Waals surface area contributed by atoms with E-state index in [0.717, 1.165) is 54.8 Å². The molecular formula is C19H28N4O2S. The summed E-state index contributed by atoms with van der Waals surface area (Å²) in [6, 6.07) is 5.98. The van der Waals surface area contributed by atoms with Crippen LogP contribution < -0.4 is 20.1 Å². The van der Waals surface area contributed by atoms with Gasteiger partial charge in [0.1, 0.15) is 0 Å². The minimum absolute atomic E-state index is 0.745. The van der Waals surface area contributed by atoms with Crippen LogP contribution in [0.1, 0.15) is 22.4 Å². The summed E-state index contributed by atoms with van der Waals surface area (Å²) in [5.41, 5.74) is 1.18. The fraction of sp³-hybridized carbons (Fsp3) is 0.474. The van der Waals surface area contributed by atoms with Crippen molar-refractivity contribution in [2.45, 2.75) is 26.2 Å². The normalized spacial score (nSPS) is 11.3. The maximum Gasteiger partial charge on any atom is 0.191 e. The Morgan fingerprint density at radius 3 is 2.46 bits per heavy atom. The molecule has 1 heterocycles. The van der Waals surface area contributed by atoms with Crippen LogP contribution in [0, 0.1) is 0 Å². The van der Waals surface area contributed by atoms with Crippen LogP contribution in [0.15, 0.2) is 29.4 Å². The number of hydrogen-bond donors (Lipinski definition) is 2. The lowest BCUT2D eigenvalue weighted by Crippen LogP contribution is -2.39. The van der Waals surface area contributed by atoms with Gasteiger partial charge in [-0.1, -0.05) is 13.0 Å². The highest BCUT2D eigenvalue weighted by molar-refractivity contribution is 7.11. The molecule has 0 spiro atoms. The Bertz CT molecular complexity index is 715. The van der Waals surface area contributed by atoms with E-state index in [9.17, 15) is 0 Å². The Balaban J connectivity index is 1.74. The molecule has 2 N–H and O–H groups in total. The minimum atomic E-state index is 0.745. The first-order chi connectivity index (χ1) is 12.7. The molecule has 142 valence electrons. The topological polar surface area (TPSA) is 67.8 Å². The first-order valence-electron chi connectivity index (χ1n) is 8.79. The first kappa shape index (κ1) is 20.0. The Morgan fingerprint density at radius 2 is 1.85 bits per heavy atom. The highest BCUT2D eigenvalue weighted by Crippen LogP contribution is 2.27. The molecule has 1 aromatic heterocycles.